The number of anilines is 1. The van der Waals surface area contributed by atoms with Gasteiger partial charge >= 0.3 is 0 Å². The summed E-state index contributed by atoms with van der Waals surface area (Å²) in [4.78, 5) is 23.5. The molecule has 0 unspecified atom stereocenters. The number of aromatic nitrogens is 2. The molecule has 1 fully saturated rings. The van der Waals surface area contributed by atoms with Gasteiger partial charge in [-0.2, -0.15) is 0 Å². The molecule has 1 aromatic heterocycles. The Hall–Kier alpha value is -2.73. The van der Waals surface area contributed by atoms with Crippen LogP contribution in [0.25, 0.3) is 11.3 Å². The van der Waals surface area contributed by atoms with Gasteiger partial charge in [0.05, 0.1) is 23.5 Å². The Kier molecular flexibility index (Phi) is 4.66. The number of carbonyl (C=O) groups is 1. The van der Waals surface area contributed by atoms with Gasteiger partial charge in [-0.05, 0) is 26.2 Å². The maximum Gasteiger partial charge on any atom is 0.257 e. The Morgan fingerprint density at radius 2 is 1.96 bits per heavy atom. The molecular formula is C21H24N4O2. The van der Waals surface area contributed by atoms with Crippen molar-refractivity contribution in [3.8, 4) is 11.3 Å². The normalized spacial score (nSPS) is 19.0. The number of nitrogens with two attached hydrogens (primary N) is 1. The summed E-state index contributed by atoms with van der Waals surface area (Å²) in [5.41, 5.74) is 8.87. The molecule has 0 saturated carbocycles. The van der Waals surface area contributed by atoms with Crippen LogP contribution in [0.4, 0.5) is 5.95 Å². The van der Waals surface area contributed by atoms with Crippen LogP contribution in [0.5, 0.6) is 0 Å². The minimum atomic E-state index is -0.209. The van der Waals surface area contributed by atoms with Crippen LogP contribution in [-0.4, -0.2) is 46.1 Å². The lowest BCUT2D eigenvalue weighted by atomic mass is 9.86. The zero-order valence-corrected chi connectivity index (χ0v) is 15.5. The standard InChI is InChI=1S/C21H24N4O2/c1-15-7-12-27-21(13-15)8-10-25(11-9-21)19(26)17-14-23-20(22)24-18(17)16-5-3-2-4-6-16/h2-6,13-14H,7-12H2,1H3,(H2,22,23,24). The third-order valence-corrected chi connectivity index (χ3v) is 5.38. The Bertz CT molecular complexity index is 871. The molecule has 6 nitrogen and oxygen atoms in total. The van der Waals surface area contributed by atoms with Crippen LogP contribution in [0, 0.1) is 0 Å². The first-order chi connectivity index (χ1) is 13.1. The summed E-state index contributed by atoms with van der Waals surface area (Å²) in [6.45, 7) is 4.22. The number of hydrogen-bond acceptors (Lipinski definition) is 5. The third kappa shape index (κ3) is 3.57. The van der Waals surface area contributed by atoms with E-state index >= 15 is 0 Å². The lowest BCUT2D eigenvalue weighted by Crippen LogP contribution is -2.48. The monoisotopic (exact) mass is 364 g/mol. The lowest BCUT2D eigenvalue weighted by Gasteiger charge is -2.42. The van der Waals surface area contributed by atoms with Crippen molar-refractivity contribution in [3.63, 3.8) is 0 Å². The second kappa shape index (κ2) is 7.12. The zero-order valence-electron chi connectivity index (χ0n) is 15.5. The summed E-state index contributed by atoms with van der Waals surface area (Å²) in [7, 11) is 0. The van der Waals surface area contributed by atoms with Crippen molar-refractivity contribution in [1.29, 1.82) is 0 Å². The first kappa shape index (κ1) is 17.7. The summed E-state index contributed by atoms with van der Waals surface area (Å²) in [6, 6.07) is 9.61. The predicted molar refractivity (Wildman–Crippen MR) is 104 cm³/mol. The van der Waals surface area contributed by atoms with Gasteiger partial charge in [0, 0.05) is 24.8 Å². The van der Waals surface area contributed by atoms with E-state index in [1.165, 1.54) is 5.57 Å². The molecule has 140 valence electrons. The Morgan fingerprint density at radius 1 is 1.22 bits per heavy atom. The first-order valence-corrected chi connectivity index (χ1v) is 9.36. The highest BCUT2D eigenvalue weighted by Crippen LogP contribution is 2.34. The number of hydrogen-bond donors (Lipinski definition) is 1. The Labute approximate surface area is 159 Å². The molecule has 2 aliphatic heterocycles. The summed E-state index contributed by atoms with van der Waals surface area (Å²) in [6.07, 6.45) is 6.41. The summed E-state index contributed by atoms with van der Waals surface area (Å²) < 4.78 is 6.06. The largest absolute Gasteiger partial charge is 0.370 e. The number of amides is 1. The molecule has 4 rings (SSSR count). The summed E-state index contributed by atoms with van der Waals surface area (Å²) >= 11 is 0. The van der Waals surface area contributed by atoms with Crippen LogP contribution in [0.1, 0.15) is 36.5 Å². The molecule has 1 saturated heterocycles. The SMILES string of the molecule is CC1=CC2(CCN(C(=O)c3cnc(N)nc3-c3ccccc3)CC2)OCC1. The molecule has 0 radical (unpaired) electrons. The molecule has 2 aromatic rings. The van der Waals surface area contributed by atoms with Gasteiger partial charge in [0.25, 0.3) is 5.91 Å². The minimum absolute atomic E-state index is 0.0554. The number of likely N-dealkylation sites (tertiary alicyclic amines) is 1. The van der Waals surface area contributed by atoms with Crippen molar-refractivity contribution in [2.45, 2.75) is 31.8 Å². The van der Waals surface area contributed by atoms with E-state index in [4.69, 9.17) is 10.5 Å². The summed E-state index contributed by atoms with van der Waals surface area (Å²) in [5.74, 6) is 0.111. The number of ether oxygens (including phenoxy) is 1. The molecule has 27 heavy (non-hydrogen) atoms. The zero-order chi connectivity index (χ0) is 18.9. The van der Waals surface area contributed by atoms with Crippen LogP contribution < -0.4 is 5.73 Å². The van der Waals surface area contributed by atoms with E-state index < -0.39 is 0 Å². The van der Waals surface area contributed by atoms with E-state index in [0.717, 1.165) is 31.4 Å². The quantitative estimate of drug-likeness (QED) is 0.828. The van der Waals surface area contributed by atoms with Gasteiger partial charge in [0.2, 0.25) is 5.95 Å². The fourth-order valence-corrected chi connectivity index (χ4v) is 3.89. The van der Waals surface area contributed by atoms with Crippen molar-refractivity contribution in [2.75, 3.05) is 25.4 Å². The van der Waals surface area contributed by atoms with Gasteiger partial charge in [0.1, 0.15) is 0 Å². The predicted octanol–water partition coefficient (Wildman–Crippen LogP) is 3.07. The second-order valence-electron chi connectivity index (χ2n) is 7.30. The highest BCUT2D eigenvalue weighted by atomic mass is 16.5. The maximum atomic E-state index is 13.2. The Balaban J connectivity index is 1.57. The molecule has 6 heteroatoms. The molecule has 1 amide bonds. The van der Waals surface area contributed by atoms with Gasteiger partial charge < -0.3 is 15.4 Å². The molecule has 2 aliphatic rings. The topological polar surface area (TPSA) is 81.3 Å². The molecule has 1 spiro atoms. The fourth-order valence-electron chi connectivity index (χ4n) is 3.89. The number of rotatable bonds is 2. The fraction of sp³-hybridized carbons (Fsp3) is 0.381. The van der Waals surface area contributed by atoms with Gasteiger partial charge in [-0.15, -0.1) is 0 Å². The van der Waals surface area contributed by atoms with E-state index in [0.29, 0.717) is 24.3 Å². The molecular weight excluding hydrogens is 340 g/mol. The van der Waals surface area contributed by atoms with E-state index in [2.05, 4.69) is 23.0 Å². The molecule has 2 N–H and O–H groups in total. The van der Waals surface area contributed by atoms with Crippen molar-refractivity contribution < 1.29 is 9.53 Å². The van der Waals surface area contributed by atoms with Crippen molar-refractivity contribution >= 4 is 11.9 Å². The molecule has 0 bridgehead atoms. The number of piperidine rings is 1. The van der Waals surface area contributed by atoms with Gasteiger partial charge in [0.15, 0.2) is 0 Å². The van der Waals surface area contributed by atoms with Gasteiger partial charge in [-0.3, -0.25) is 4.79 Å². The number of benzene rings is 1. The maximum absolute atomic E-state index is 13.2. The highest BCUT2D eigenvalue weighted by molar-refractivity contribution is 5.99. The van der Waals surface area contributed by atoms with Crippen LogP contribution in [0.15, 0.2) is 48.2 Å². The van der Waals surface area contributed by atoms with Crippen LogP contribution in [-0.2, 0) is 4.74 Å². The average molecular weight is 364 g/mol. The Morgan fingerprint density at radius 3 is 2.67 bits per heavy atom. The van der Waals surface area contributed by atoms with E-state index in [1.807, 2.05) is 35.2 Å². The van der Waals surface area contributed by atoms with Crippen LogP contribution >= 0.6 is 0 Å². The van der Waals surface area contributed by atoms with Crippen LogP contribution in [0.2, 0.25) is 0 Å². The molecule has 3 heterocycles. The van der Waals surface area contributed by atoms with Crippen LogP contribution in [0.3, 0.4) is 0 Å². The first-order valence-electron chi connectivity index (χ1n) is 9.36. The average Bonchev–Trinajstić information content (AvgIpc) is 2.69. The van der Waals surface area contributed by atoms with E-state index in [1.54, 1.807) is 6.20 Å². The van der Waals surface area contributed by atoms with E-state index in [9.17, 15) is 4.79 Å². The molecule has 1 aromatic carbocycles. The van der Waals surface area contributed by atoms with Gasteiger partial charge in [-0.25, -0.2) is 9.97 Å². The number of nitrogens with zero attached hydrogens (tertiary/aromatic N) is 3. The highest BCUT2D eigenvalue weighted by Gasteiger charge is 2.37. The van der Waals surface area contributed by atoms with E-state index in [-0.39, 0.29) is 17.5 Å². The second-order valence-corrected chi connectivity index (χ2v) is 7.30. The molecule has 0 atom stereocenters. The van der Waals surface area contributed by atoms with Crippen molar-refractivity contribution in [2.24, 2.45) is 0 Å². The molecule has 0 aliphatic carbocycles. The van der Waals surface area contributed by atoms with Crippen molar-refractivity contribution in [3.05, 3.63) is 53.7 Å². The summed E-state index contributed by atoms with van der Waals surface area (Å²) in [5, 5.41) is 0. The smallest absolute Gasteiger partial charge is 0.257 e. The van der Waals surface area contributed by atoms with Gasteiger partial charge in [-0.1, -0.05) is 42.0 Å². The number of carbonyl (C=O) groups excluding carboxylic acids is 1. The van der Waals surface area contributed by atoms with Crippen molar-refractivity contribution in [1.82, 2.24) is 14.9 Å². The number of nitrogen functional groups attached to an aromatic ring is 1. The minimum Gasteiger partial charge on any atom is -0.370 e. The third-order valence-electron chi connectivity index (χ3n) is 5.38. The lowest BCUT2D eigenvalue weighted by molar-refractivity contribution is -0.0522.